The molecule has 2 saturated heterocycles. The van der Waals surface area contributed by atoms with Gasteiger partial charge in [0.1, 0.15) is 0 Å². The van der Waals surface area contributed by atoms with Gasteiger partial charge < -0.3 is 4.74 Å². The van der Waals surface area contributed by atoms with E-state index >= 15 is 0 Å². The lowest BCUT2D eigenvalue weighted by Crippen LogP contribution is -2.41. The van der Waals surface area contributed by atoms with Gasteiger partial charge in [-0.3, -0.25) is 9.69 Å². The molecule has 0 bridgehead atoms. The molecule has 2 heterocycles. The maximum absolute atomic E-state index is 11.4. The van der Waals surface area contributed by atoms with E-state index in [2.05, 4.69) is 4.74 Å². The molecular formula is C9H13NO3. The molecule has 4 nitrogen and oxygen atoms in total. The summed E-state index contributed by atoms with van der Waals surface area (Å²) in [4.78, 5) is 24.7. The van der Waals surface area contributed by atoms with Crippen LogP contribution in [0.3, 0.4) is 0 Å². The summed E-state index contributed by atoms with van der Waals surface area (Å²) in [6.45, 7) is 0.857. The van der Waals surface area contributed by atoms with Gasteiger partial charge in [-0.2, -0.15) is 0 Å². The summed E-state index contributed by atoms with van der Waals surface area (Å²) in [7, 11) is 1.33. The Hall–Kier alpha value is -0.900. The molecular weight excluding hydrogens is 170 g/mol. The Morgan fingerprint density at radius 3 is 3.08 bits per heavy atom. The first kappa shape index (κ1) is 8.69. The second-order valence-electron chi connectivity index (χ2n) is 3.63. The van der Waals surface area contributed by atoms with Gasteiger partial charge in [-0.05, 0) is 19.4 Å². The summed E-state index contributed by atoms with van der Waals surface area (Å²) in [6.07, 6.45) is 2.66. The molecule has 0 spiro atoms. The molecule has 2 fully saturated rings. The molecule has 0 aliphatic carbocycles. The van der Waals surface area contributed by atoms with Crippen molar-refractivity contribution in [2.75, 3.05) is 13.7 Å². The van der Waals surface area contributed by atoms with E-state index in [1.807, 2.05) is 4.90 Å². The minimum absolute atomic E-state index is 0.0246. The van der Waals surface area contributed by atoms with Crippen LogP contribution in [0.2, 0.25) is 0 Å². The molecule has 0 radical (unpaired) electrons. The molecule has 72 valence electrons. The Labute approximate surface area is 76.8 Å². The van der Waals surface area contributed by atoms with E-state index in [9.17, 15) is 9.59 Å². The summed E-state index contributed by atoms with van der Waals surface area (Å²) >= 11 is 0. The first-order chi connectivity index (χ1) is 6.24. The summed E-state index contributed by atoms with van der Waals surface area (Å²) in [5.41, 5.74) is 0. The Morgan fingerprint density at radius 1 is 1.62 bits per heavy atom. The third kappa shape index (κ3) is 1.25. The minimum atomic E-state index is -0.600. The number of hydrogen-bond donors (Lipinski definition) is 0. The number of Topliss-reactive ketones (excluding diaryl/α,β-unsaturated/α-hetero) is 1. The van der Waals surface area contributed by atoms with Crippen LogP contribution in [0.15, 0.2) is 0 Å². The lowest BCUT2D eigenvalue weighted by Gasteiger charge is -2.19. The monoisotopic (exact) mass is 183 g/mol. The molecule has 0 aromatic heterocycles. The van der Waals surface area contributed by atoms with E-state index < -0.39 is 12.0 Å². The summed E-state index contributed by atoms with van der Waals surface area (Å²) in [6, 6.07) is -0.297. The highest BCUT2D eigenvalue weighted by Crippen LogP contribution is 2.30. The maximum Gasteiger partial charge on any atom is 0.330 e. The smallest absolute Gasteiger partial charge is 0.330 e. The van der Waals surface area contributed by atoms with Gasteiger partial charge in [-0.15, -0.1) is 0 Å². The Balaban J connectivity index is 2.16. The second-order valence-corrected chi connectivity index (χ2v) is 3.63. The highest BCUT2D eigenvalue weighted by atomic mass is 16.5. The van der Waals surface area contributed by atoms with Crippen LogP contribution in [-0.2, 0) is 14.3 Å². The number of nitrogens with zero attached hydrogens (tertiary/aromatic N) is 1. The normalized spacial score (nSPS) is 33.5. The fraction of sp³-hybridized carbons (Fsp3) is 0.778. The predicted molar refractivity (Wildman–Crippen MR) is 45.2 cm³/mol. The van der Waals surface area contributed by atoms with Gasteiger partial charge in [-0.25, -0.2) is 4.79 Å². The molecule has 0 aromatic rings. The van der Waals surface area contributed by atoms with Crippen LogP contribution in [0.5, 0.6) is 0 Å². The first-order valence-electron chi connectivity index (χ1n) is 4.60. The van der Waals surface area contributed by atoms with E-state index in [0.717, 1.165) is 19.4 Å². The number of ketones is 1. The van der Waals surface area contributed by atoms with E-state index in [4.69, 9.17) is 0 Å². The Morgan fingerprint density at radius 2 is 2.38 bits per heavy atom. The standard InChI is InChI=1S/C9H13NO3/c1-13-9(12)8-7(11)5-6-3-2-4-10(6)8/h6,8H,2-5H2,1H3. The van der Waals surface area contributed by atoms with Crippen LogP contribution in [0.1, 0.15) is 19.3 Å². The van der Waals surface area contributed by atoms with Crippen molar-refractivity contribution in [3.63, 3.8) is 0 Å². The molecule has 2 rings (SSSR count). The average molecular weight is 183 g/mol. The van der Waals surface area contributed by atoms with Crippen LogP contribution >= 0.6 is 0 Å². The highest BCUT2D eigenvalue weighted by molar-refractivity contribution is 6.05. The van der Waals surface area contributed by atoms with Gasteiger partial charge in [-0.1, -0.05) is 0 Å². The van der Waals surface area contributed by atoms with Gasteiger partial charge in [0.25, 0.3) is 0 Å². The fourth-order valence-electron chi connectivity index (χ4n) is 2.32. The molecule has 4 heteroatoms. The van der Waals surface area contributed by atoms with Gasteiger partial charge >= 0.3 is 5.97 Å². The zero-order chi connectivity index (χ0) is 9.42. The quantitative estimate of drug-likeness (QED) is 0.423. The van der Waals surface area contributed by atoms with E-state index in [1.165, 1.54) is 7.11 Å². The number of rotatable bonds is 1. The Kier molecular flexibility index (Phi) is 2.07. The zero-order valence-electron chi connectivity index (χ0n) is 7.66. The maximum atomic E-state index is 11.4. The van der Waals surface area contributed by atoms with Crippen molar-refractivity contribution in [2.24, 2.45) is 0 Å². The van der Waals surface area contributed by atoms with Crippen molar-refractivity contribution in [3.05, 3.63) is 0 Å². The van der Waals surface area contributed by atoms with Crippen LogP contribution < -0.4 is 0 Å². The minimum Gasteiger partial charge on any atom is -0.468 e. The van der Waals surface area contributed by atoms with Crippen molar-refractivity contribution in [2.45, 2.75) is 31.3 Å². The van der Waals surface area contributed by atoms with E-state index in [-0.39, 0.29) is 5.78 Å². The average Bonchev–Trinajstić information content (AvgIpc) is 2.62. The first-order valence-corrected chi connectivity index (χ1v) is 4.60. The molecule has 0 aromatic carbocycles. The van der Waals surface area contributed by atoms with E-state index in [1.54, 1.807) is 0 Å². The third-order valence-corrected chi connectivity index (χ3v) is 2.92. The van der Waals surface area contributed by atoms with Crippen molar-refractivity contribution in [3.8, 4) is 0 Å². The lowest BCUT2D eigenvalue weighted by atomic mass is 10.1. The largest absolute Gasteiger partial charge is 0.468 e. The van der Waals surface area contributed by atoms with Gasteiger partial charge in [0.05, 0.1) is 7.11 Å². The number of methoxy groups -OCH3 is 1. The summed E-state index contributed by atoms with van der Waals surface area (Å²) in [5.74, 6) is -0.369. The summed E-state index contributed by atoms with van der Waals surface area (Å²) in [5, 5.41) is 0. The summed E-state index contributed by atoms with van der Waals surface area (Å²) < 4.78 is 4.61. The van der Waals surface area contributed by atoms with Gasteiger partial charge in [0, 0.05) is 12.5 Å². The van der Waals surface area contributed by atoms with Crippen LogP contribution in [0, 0.1) is 0 Å². The topological polar surface area (TPSA) is 46.6 Å². The number of fused-ring (bicyclic) bond motifs is 1. The van der Waals surface area contributed by atoms with Gasteiger partial charge in [0.15, 0.2) is 11.8 Å². The van der Waals surface area contributed by atoms with Crippen molar-refractivity contribution in [1.29, 1.82) is 0 Å². The Bertz CT molecular complexity index is 243. The second kappa shape index (κ2) is 3.10. The molecule has 0 amide bonds. The van der Waals surface area contributed by atoms with Crippen molar-refractivity contribution < 1.29 is 14.3 Å². The van der Waals surface area contributed by atoms with Crippen LogP contribution in [0.25, 0.3) is 0 Å². The van der Waals surface area contributed by atoms with Gasteiger partial charge in [0.2, 0.25) is 0 Å². The third-order valence-electron chi connectivity index (χ3n) is 2.92. The number of ether oxygens (including phenoxy) is 1. The number of carbonyl (C=O) groups is 2. The predicted octanol–water partition coefficient (Wildman–Crippen LogP) is -0.0348. The van der Waals surface area contributed by atoms with E-state index in [0.29, 0.717) is 12.5 Å². The van der Waals surface area contributed by atoms with Crippen LogP contribution in [-0.4, -0.2) is 42.4 Å². The van der Waals surface area contributed by atoms with Crippen molar-refractivity contribution in [1.82, 2.24) is 4.90 Å². The molecule has 0 N–H and O–H groups in total. The highest BCUT2D eigenvalue weighted by Gasteiger charge is 2.46. The molecule has 0 saturated carbocycles. The molecule has 2 unspecified atom stereocenters. The zero-order valence-corrected chi connectivity index (χ0v) is 7.66. The number of carbonyl (C=O) groups excluding carboxylic acids is 2. The number of esters is 1. The molecule has 13 heavy (non-hydrogen) atoms. The lowest BCUT2D eigenvalue weighted by molar-refractivity contribution is -0.148. The fourth-order valence-corrected chi connectivity index (χ4v) is 2.32. The SMILES string of the molecule is COC(=O)C1C(=O)CC2CCCN21. The van der Waals surface area contributed by atoms with Crippen molar-refractivity contribution >= 4 is 11.8 Å². The van der Waals surface area contributed by atoms with Crippen LogP contribution in [0.4, 0.5) is 0 Å². The number of hydrogen-bond acceptors (Lipinski definition) is 4. The molecule has 2 aliphatic heterocycles. The molecule has 2 aliphatic rings. The molecule has 2 atom stereocenters.